The van der Waals surface area contributed by atoms with Gasteiger partial charge in [0.15, 0.2) is 0 Å². The van der Waals surface area contributed by atoms with Crippen LogP contribution >= 0.6 is 11.6 Å². The summed E-state index contributed by atoms with van der Waals surface area (Å²) in [6, 6.07) is 17.0. The van der Waals surface area contributed by atoms with Crippen LogP contribution in [-0.4, -0.2) is 52.1 Å². The molecule has 2 amide bonds. The molecule has 0 aliphatic carbocycles. The van der Waals surface area contributed by atoms with Crippen LogP contribution in [-0.2, 0) is 14.3 Å². The first-order valence-corrected chi connectivity index (χ1v) is 10.9. The fourth-order valence-electron chi connectivity index (χ4n) is 3.72. The summed E-state index contributed by atoms with van der Waals surface area (Å²) in [5.74, 6) is -0.137. The first-order valence-electron chi connectivity index (χ1n) is 10.6. The molecule has 3 aromatic rings. The third kappa shape index (κ3) is 5.36. The van der Waals surface area contributed by atoms with Crippen molar-refractivity contribution in [2.45, 2.75) is 25.9 Å². The van der Waals surface area contributed by atoms with E-state index < -0.39 is 0 Å². The van der Waals surface area contributed by atoms with Crippen LogP contribution in [0.2, 0.25) is 5.02 Å². The van der Waals surface area contributed by atoms with E-state index in [1.54, 1.807) is 16.7 Å². The molecule has 1 aromatic heterocycles. The van der Waals surface area contributed by atoms with Gasteiger partial charge in [-0.05, 0) is 31.0 Å². The van der Waals surface area contributed by atoms with E-state index in [-0.39, 0.29) is 24.5 Å². The van der Waals surface area contributed by atoms with Crippen LogP contribution in [0.25, 0.3) is 16.9 Å². The lowest BCUT2D eigenvalue weighted by atomic mass is 10.2. The summed E-state index contributed by atoms with van der Waals surface area (Å²) in [6.07, 6.45) is 3.70. The number of carbonyl (C=O) groups excluding carboxylic acids is 2. The molecule has 1 saturated heterocycles. The average Bonchev–Trinajstić information content (AvgIpc) is 3.44. The summed E-state index contributed by atoms with van der Waals surface area (Å²) in [5.41, 5.74) is 2.40. The molecule has 2 aromatic carbocycles. The molecule has 166 valence electrons. The zero-order valence-corrected chi connectivity index (χ0v) is 18.6. The molecule has 1 fully saturated rings. The van der Waals surface area contributed by atoms with E-state index in [1.807, 2.05) is 48.7 Å². The fourth-order valence-corrected chi connectivity index (χ4v) is 3.90. The van der Waals surface area contributed by atoms with Crippen LogP contribution < -0.4 is 5.32 Å². The monoisotopic (exact) mass is 452 g/mol. The highest BCUT2D eigenvalue weighted by atomic mass is 35.5. The van der Waals surface area contributed by atoms with E-state index in [0.29, 0.717) is 29.8 Å². The fraction of sp³-hybridized carbons (Fsp3) is 0.292. The van der Waals surface area contributed by atoms with Gasteiger partial charge in [0.1, 0.15) is 6.54 Å². The summed E-state index contributed by atoms with van der Waals surface area (Å²) < 4.78 is 7.40. The molecule has 1 atom stereocenters. The van der Waals surface area contributed by atoms with Crippen LogP contribution in [0.4, 0.5) is 5.95 Å². The van der Waals surface area contributed by atoms with E-state index in [4.69, 9.17) is 16.3 Å². The standard InChI is InChI=1S/C24H25ClN4O3/c1-17(30)28(14-21-11-6-12-32-21)16-23(31)27-24-26-22(18-7-3-2-4-8-18)15-29(24)20-10-5-9-19(25)13-20/h2-5,7-10,13,15,21H,6,11-12,14,16H2,1H3,(H,26,27,31). The van der Waals surface area contributed by atoms with Crippen molar-refractivity contribution in [1.82, 2.24) is 14.5 Å². The molecular formula is C24H25ClN4O3. The maximum absolute atomic E-state index is 12.9. The largest absolute Gasteiger partial charge is 0.376 e. The SMILES string of the molecule is CC(=O)N(CC(=O)Nc1nc(-c2ccccc2)cn1-c1cccc(Cl)c1)CC1CCCO1. The van der Waals surface area contributed by atoms with Crippen molar-refractivity contribution < 1.29 is 14.3 Å². The molecule has 4 rings (SSSR count). The van der Waals surface area contributed by atoms with Crippen molar-refractivity contribution in [2.75, 3.05) is 25.0 Å². The smallest absolute Gasteiger partial charge is 0.246 e. The molecule has 1 aliphatic rings. The normalized spacial score (nSPS) is 15.5. The topological polar surface area (TPSA) is 76.5 Å². The molecule has 1 aliphatic heterocycles. The van der Waals surface area contributed by atoms with Gasteiger partial charge in [-0.2, -0.15) is 0 Å². The molecule has 0 spiro atoms. The van der Waals surface area contributed by atoms with Crippen molar-refractivity contribution in [3.63, 3.8) is 0 Å². The number of ether oxygens (including phenoxy) is 1. The number of amides is 2. The third-order valence-electron chi connectivity index (χ3n) is 5.34. The van der Waals surface area contributed by atoms with Gasteiger partial charge >= 0.3 is 0 Å². The zero-order valence-electron chi connectivity index (χ0n) is 17.8. The predicted molar refractivity (Wildman–Crippen MR) is 124 cm³/mol. The lowest BCUT2D eigenvalue weighted by Crippen LogP contribution is -2.41. The predicted octanol–water partition coefficient (Wildman–Crippen LogP) is 4.16. The minimum absolute atomic E-state index is 0.0233. The molecule has 0 bridgehead atoms. The number of halogens is 1. The minimum Gasteiger partial charge on any atom is -0.376 e. The van der Waals surface area contributed by atoms with Crippen molar-refractivity contribution in [1.29, 1.82) is 0 Å². The van der Waals surface area contributed by atoms with Gasteiger partial charge in [-0.1, -0.05) is 48.0 Å². The number of nitrogens with zero attached hydrogens (tertiary/aromatic N) is 3. The second-order valence-corrected chi connectivity index (χ2v) is 8.18. The summed E-state index contributed by atoms with van der Waals surface area (Å²) in [5, 5.41) is 3.44. The summed E-state index contributed by atoms with van der Waals surface area (Å²) >= 11 is 6.18. The molecule has 8 heteroatoms. The Morgan fingerprint density at radius 2 is 2.03 bits per heavy atom. The van der Waals surface area contributed by atoms with Gasteiger partial charge in [-0.15, -0.1) is 0 Å². The summed E-state index contributed by atoms with van der Waals surface area (Å²) in [7, 11) is 0. The maximum atomic E-state index is 12.9. The number of benzene rings is 2. The third-order valence-corrected chi connectivity index (χ3v) is 5.58. The molecule has 0 saturated carbocycles. The number of hydrogen-bond acceptors (Lipinski definition) is 4. The second-order valence-electron chi connectivity index (χ2n) is 7.75. The molecule has 1 N–H and O–H groups in total. The van der Waals surface area contributed by atoms with E-state index >= 15 is 0 Å². The number of nitrogens with one attached hydrogen (secondary N) is 1. The van der Waals surface area contributed by atoms with E-state index in [9.17, 15) is 9.59 Å². The highest BCUT2D eigenvalue weighted by molar-refractivity contribution is 6.30. The van der Waals surface area contributed by atoms with Gasteiger partial charge in [-0.25, -0.2) is 4.98 Å². The van der Waals surface area contributed by atoms with Crippen LogP contribution in [0.5, 0.6) is 0 Å². The number of anilines is 1. The summed E-state index contributed by atoms with van der Waals surface area (Å²) in [4.78, 5) is 31.1. The highest BCUT2D eigenvalue weighted by Gasteiger charge is 2.23. The Labute approximate surface area is 192 Å². The number of aromatic nitrogens is 2. The molecular weight excluding hydrogens is 428 g/mol. The molecule has 1 unspecified atom stereocenters. The van der Waals surface area contributed by atoms with Crippen LogP contribution in [0.3, 0.4) is 0 Å². The number of carbonyl (C=O) groups is 2. The highest BCUT2D eigenvalue weighted by Crippen LogP contribution is 2.25. The van der Waals surface area contributed by atoms with Gasteiger partial charge in [-0.3, -0.25) is 19.5 Å². The number of hydrogen-bond donors (Lipinski definition) is 1. The first kappa shape index (κ1) is 22.0. The Morgan fingerprint density at radius 3 is 2.72 bits per heavy atom. The Balaban J connectivity index is 1.57. The average molecular weight is 453 g/mol. The number of rotatable bonds is 7. The van der Waals surface area contributed by atoms with Crippen molar-refractivity contribution in [2.24, 2.45) is 0 Å². The van der Waals surface area contributed by atoms with Crippen LogP contribution in [0.1, 0.15) is 19.8 Å². The maximum Gasteiger partial charge on any atom is 0.246 e. The Kier molecular flexibility index (Phi) is 6.87. The van der Waals surface area contributed by atoms with Gasteiger partial charge in [0.2, 0.25) is 17.8 Å². The summed E-state index contributed by atoms with van der Waals surface area (Å²) in [6.45, 7) is 2.49. The van der Waals surface area contributed by atoms with Crippen LogP contribution in [0, 0.1) is 0 Å². The Bertz CT molecular complexity index is 1090. The lowest BCUT2D eigenvalue weighted by Gasteiger charge is -2.23. The first-order chi connectivity index (χ1) is 15.5. The van der Waals surface area contributed by atoms with E-state index in [0.717, 1.165) is 24.1 Å². The van der Waals surface area contributed by atoms with Gasteiger partial charge in [0.05, 0.1) is 11.8 Å². The Hall–Kier alpha value is -3.16. The van der Waals surface area contributed by atoms with Gasteiger partial charge < -0.3 is 9.64 Å². The quantitative estimate of drug-likeness (QED) is 0.584. The molecule has 32 heavy (non-hydrogen) atoms. The van der Waals surface area contributed by atoms with Crippen molar-refractivity contribution in [3.8, 4) is 16.9 Å². The lowest BCUT2D eigenvalue weighted by molar-refractivity contribution is -0.134. The zero-order chi connectivity index (χ0) is 22.5. The van der Waals surface area contributed by atoms with E-state index in [1.165, 1.54) is 11.8 Å². The molecule has 2 heterocycles. The minimum atomic E-state index is -0.327. The van der Waals surface area contributed by atoms with Crippen molar-refractivity contribution >= 4 is 29.4 Å². The number of imidazole rings is 1. The van der Waals surface area contributed by atoms with Gasteiger partial charge in [0, 0.05) is 42.5 Å². The molecule has 7 nitrogen and oxygen atoms in total. The van der Waals surface area contributed by atoms with E-state index in [2.05, 4.69) is 10.3 Å². The van der Waals surface area contributed by atoms with Crippen molar-refractivity contribution in [3.05, 3.63) is 65.8 Å². The van der Waals surface area contributed by atoms with Gasteiger partial charge in [0.25, 0.3) is 0 Å². The Morgan fingerprint density at radius 1 is 1.22 bits per heavy atom. The van der Waals surface area contributed by atoms with Crippen LogP contribution in [0.15, 0.2) is 60.8 Å². The second kappa shape index (κ2) is 9.97. The molecule has 0 radical (unpaired) electrons.